The number of halogens is 1. The lowest BCUT2D eigenvalue weighted by molar-refractivity contribution is -0.117. The monoisotopic (exact) mass is 299 g/mol. The highest BCUT2D eigenvalue weighted by molar-refractivity contribution is 9.09. The fourth-order valence-corrected chi connectivity index (χ4v) is 2.47. The molecule has 1 atom stereocenters. The molecule has 1 unspecified atom stereocenters. The van der Waals surface area contributed by atoms with Crippen molar-refractivity contribution in [1.29, 1.82) is 0 Å². The molecule has 1 aliphatic heterocycles. The van der Waals surface area contributed by atoms with E-state index < -0.39 is 0 Å². The predicted molar refractivity (Wildman–Crippen MR) is 69.2 cm³/mol. The van der Waals surface area contributed by atoms with Crippen LogP contribution in [0.15, 0.2) is 18.2 Å². The molecule has 0 aromatic heterocycles. The number of amides is 1. The molecule has 1 saturated heterocycles. The molecule has 1 aliphatic rings. The number of benzene rings is 1. The zero-order valence-electron chi connectivity index (χ0n) is 9.77. The Labute approximate surface area is 109 Å². The van der Waals surface area contributed by atoms with Crippen molar-refractivity contribution >= 4 is 27.5 Å². The van der Waals surface area contributed by atoms with Crippen LogP contribution in [-0.2, 0) is 4.79 Å². The fraction of sp³-hybridized carbons (Fsp3) is 0.417. The number of nitrogens with zero attached hydrogens (tertiary/aromatic N) is 1. The van der Waals surface area contributed by atoms with Gasteiger partial charge in [0.1, 0.15) is 11.5 Å². The normalized spacial score (nSPS) is 19.6. The molecule has 0 aliphatic carbocycles. The largest absolute Gasteiger partial charge is 0.497 e. The van der Waals surface area contributed by atoms with Crippen LogP contribution in [0.4, 0.5) is 5.69 Å². The highest BCUT2D eigenvalue weighted by Crippen LogP contribution is 2.35. The number of alkyl halides is 1. The third-order valence-electron chi connectivity index (χ3n) is 2.75. The topological polar surface area (TPSA) is 38.8 Å². The van der Waals surface area contributed by atoms with Gasteiger partial charge in [0.2, 0.25) is 5.91 Å². The van der Waals surface area contributed by atoms with E-state index in [9.17, 15) is 4.79 Å². The first kappa shape index (κ1) is 12.2. The van der Waals surface area contributed by atoms with Crippen LogP contribution < -0.4 is 14.4 Å². The second-order valence-corrected chi connectivity index (χ2v) is 5.14. The summed E-state index contributed by atoms with van der Waals surface area (Å²) in [5.74, 6) is 1.49. The maximum atomic E-state index is 11.9. The van der Waals surface area contributed by atoms with Gasteiger partial charge < -0.3 is 14.4 Å². The number of carbonyl (C=O) groups excluding carboxylic acids is 1. The molecule has 1 aromatic rings. The molecule has 92 valence electrons. The van der Waals surface area contributed by atoms with Crippen LogP contribution in [0.5, 0.6) is 11.5 Å². The molecule has 1 amide bonds. The third-order valence-corrected chi connectivity index (χ3v) is 3.37. The number of carbonyl (C=O) groups is 1. The third kappa shape index (κ3) is 2.39. The van der Waals surface area contributed by atoms with E-state index in [1.807, 2.05) is 18.2 Å². The van der Waals surface area contributed by atoms with Gasteiger partial charge in [-0.05, 0) is 12.1 Å². The SMILES string of the molecule is COc1ccc(OC)c(N2CC(Br)CC2=O)c1. The average molecular weight is 300 g/mol. The van der Waals surface area contributed by atoms with Crippen molar-refractivity contribution < 1.29 is 14.3 Å². The highest BCUT2D eigenvalue weighted by Gasteiger charge is 2.30. The number of hydrogen-bond acceptors (Lipinski definition) is 3. The molecule has 0 N–H and O–H groups in total. The fourth-order valence-electron chi connectivity index (χ4n) is 1.90. The van der Waals surface area contributed by atoms with Gasteiger partial charge in [0.15, 0.2) is 0 Å². The maximum Gasteiger partial charge on any atom is 0.228 e. The van der Waals surface area contributed by atoms with E-state index in [0.717, 1.165) is 5.69 Å². The zero-order valence-corrected chi connectivity index (χ0v) is 11.4. The van der Waals surface area contributed by atoms with Crippen molar-refractivity contribution in [2.24, 2.45) is 0 Å². The summed E-state index contributed by atoms with van der Waals surface area (Å²) in [5, 5.41) is 0. The standard InChI is InChI=1S/C12H14BrNO3/c1-16-9-3-4-11(17-2)10(6-9)14-7-8(13)5-12(14)15/h3-4,6,8H,5,7H2,1-2H3. The lowest BCUT2D eigenvalue weighted by Crippen LogP contribution is -2.25. The van der Waals surface area contributed by atoms with Crippen LogP contribution in [0.1, 0.15) is 6.42 Å². The maximum absolute atomic E-state index is 11.9. The Balaban J connectivity index is 2.38. The molecule has 0 saturated carbocycles. The first-order chi connectivity index (χ1) is 8.15. The van der Waals surface area contributed by atoms with Crippen LogP contribution in [0, 0.1) is 0 Å². The second kappa shape index (κ2) is 4.96. The number of rotatable bonds is 3. The van der Waals surface area contributed by atoms with E-state index in [-0.39, 0.29) is 10.7 Å². The van der Waals surface area contributed by atoms with E-state index in [1.54, 1.807) is 19.1 Å². The summed E-state index contributed by atoms with van der Waals surface area (Å²) in [6.45, 7) is 0.655. The van der Waals surface area contributed by atoms with Crippen LogP contribution in [-0.4, -0.2) is 31.5 Å². The van der Waals surface area contributed by atoms with Crippen LogP contribution >= 0.6 is 15.9 Å². The van der Waals surface area contributed by atoms with E-state index in [1.165, 1.54) is 0 Å². The molecule has 2 rings (SSSR count). The van der Waals surface area contributed by atoms with Gasteiger partial charge in [-0.3, -0.25) is 4.79 Å². The smallest absolute Gasteiger partial charge is 0.228 e. The Hall–Kier alpha value is -1.23. The van der Waals surface area contributed by atoms with Crippen molar-refractivity contribution in [2.45, 2.75) is 11.2 Å². The van der Waals surface area contributed by atoms with Crippen molar-refractivity contribution in [3.63, 3.8) is 0 Å². The van der Waals surface area contributed by atoms with Gasteiger partial charge in [-0.15, -0.1) is 0 Å². The molecule has 4 nitrogen and oxygen atoms in total. The average Bonchev–Trinajstić information content (AvgIpc) is 2.67. The Bertz CT molecular complexity index is 436. The summed E-state index contributed by atoms with van der Waals surface area (Å²) >= 11 is 3.46. The Morgan fingerprint density at radius 2 is 2.12 bits per heavy atom. The van der Waals surface area contributed by atoms with E-state index in [0.29, 0.717) is 24.5 Å². The molecule has 17 heavy (non-hydrogen) atoms. The summed E-state index contributed by atoms with van der Waals surface area (Å²) in [5.41, 5.74) is 0.763. The molecule has 1 heterocycles. The van der Waals surface area contributed by atoms with Crippen LogP contribution in [0.25, 0.3) is 0 Å². The molecule has 0 bridgehead atoms. The van der Waals surface area contributed by atoms with Gasteiger partial charge in [-0.2, -0.15) is 0 Å². The Morgan fingerprint density at radius 3 is 2.65 bits per heavy atom. The quantitative estimate of drug-likeness (QED) is 0.803. The molecule has 1 fully saturated rings. The van der Waals surface area contributed by atoms with Crippen LogP contribution in [0.3, 0.4) is 0 Å². The molecule has 5 heteroatoms. The minimum Gasteiger partial charge on any atom is -0.497 e. The second-order valence-electron chi connectivity index (χ2n) is 3.84. The first-order valence-corrected chi connectivity index (χ1v) is 6.23. The van der Waals surface area contributed by atoms with E-state index in [2.05, 4.69) is 15.9 Å². The molecule has 0 spiro atoms. The van der Waals surface area contributed by atoms with E-state index >= 15 is 0 Å². The van der Waals surface area contributed by atoms with E-state index in [4.69, 9.17) is 9.47 Å². The molecule has 1 aromatic carbocycles. The van der Waals surface area contributed by atoms with Gasteiger partial charge in [-0.25, -0.2) is 0 Å². The molecular weight excluding hydrogens is 286 g/mol. The Kier molecular flexibility index (Phi) is 3.57. The van der Waals surface area contributed by atoms with Crippen LogP contribution in [0.2, 0.25) is 0 Å². The Morgan fingerprint density at radius 1 is 1.35 bits per heavy atom. The summed E-state index contributed by atoms with van der Waals surface area (Å²) in [4.78, 5) is 13.8. The summed E-state index contributed by atoms with van der Waals surface area (Å²) < 4.78 is 10.4. The number of anilines is 1. The number of methoxy groups -OCH3 is 2. The minimum absolute atomic E-state index is 0.0958. The first-order valence-electron chi connectivity index (χ1n) is 5.32. The zero-order chi connectivity index (χ0) is 12.4. The van der Waals surface area contributed by atoms with Crippen molar-refractivity contribution in [3.8, 4) is 11.5 Å². The summed E-state index contributed by atoms with van der Waals surface area (Å²) in [6.07, 6.45) is 0.514. The van der Waals surface area contributed by atoms with Gasteiger partial charge in [0, 0.05) is 23.9 Å². The van der Waals surface area contributed by atoms with Crippen molar-refractivity contribution in [1.82, 2.24) is 0 Å². The van der Waals surface area contributed by atoms with Gasteiger partial charge in [0.05, 0.1) is 19.9 Å². The molecule has 0 radical (unpaired) electrons. The lowest BCUT2D eigenvalue weighted by Gasteiger charge is -2.19. The summed E-state index contributed by atoms with van der Waals surface area (Å²) in [6, 6.07) is 5.44. The highest BCUT2D eigenvalue weighted by atomic mass is 79.9. The van der Waals surface area contributed by atoms with Gasteiger partial charge in [0.25, 0.3) is 0 Å². The lowest BCUT2D eigenvalue weighted by atomic mass is 10.2. The van der Waals surface area contributed by atoms with Crippen molar-refractivity contribution in [2.75, 3.05) is 25.7 Å². The van der Waals surface area contributed by atoms with Gasteiger partial charge >= 0.3 is 0 Å². The summed E-state index contributed by atoms with van der Waals surface area (Å²) in [7, 11) is 3.20. The minimum atomic E-state index is 0.0958. The van der Waals surface area contributed by atoms with Crippen molar-refractivity contribution in [3.05, 3.63) is 18.2 Å². The van der Waals surface area contributed by atoms with Gasteiger partial charge in [-0.1, -0.05) is 15.9 Å². The predicted octanol–water partition coefficient (Wildman–Crippen LogP) is 2.20. The molecular formula is C12H14BrNO3. The number of hydrogen-bond donors (Lipinski definition) is 0. The number of ether oxygens (including phenoxy) is 2.